The van der Waals surface area contributed by atoms with Gasteiger partial charge in [0.15, 0.2) is 0 Å². The minimum absolute atomic E-state index is 0.201. The lowest BCUT2D eigenvalue weighted by Crippen LogP contribution is -2.46. The van der Waals surface area contributed by atoms with Gasteiger partial charge in [-0.15, -0.1) is 0 Å². The van der Waals surface area contributed by atoms with Gasteiger partial charge in [-0.2, -0.15) is 0 Å². The Labute approximate surface area is 145 Å². The van der Waals surface area contributed by atoms with Crippen LogP contribution in [0.25, 0.3) is 0 Å². The van der Waals surface area contributed by atoms with Crippen molar-refractivity contribution in [1.29, 1.82) is 0 Å². The van der Waals surface area contributed by atoms with Crippen LogP contribution in [0.15, 0.2) is 30.3 Å². The zero-order valence-corrected chi connectivity index (χ0v) is 14.8. The molecule has 1 aromatic carbocycles. The molecule has 2 fully saturated rings. The van der Waals surface area contributed by atoms with Crippen LogP contribution in [0.3, 0.4) is 0 Å². The number of carbonyl (C=O) groups excluding carboxylic acids is 1. The summed E-state index contributed by atoms with van der Waals surface area (Å²) in [6.07, 6.45) is 6.06. The van der Waals surface area contributed by atoms with Gasteiger partial charge >= 0.3 is 0 Å². The number of likely N-dealkylation sites (tertiary alicyclic amines) is 1. The van der Waals surface area contributed by atoms with Crippen molar-refractivity contribution in [3.05, 3.63) is 35.9 Å². The summed E-state index contributed by atoms with van der Waals surface area (Å²) in [5.41, 5.74) is 7.45. The number of piperidine rings is 1. The van der Waals surface area contributed by atoms with Gasteiger partial charge in [0.25, 0.3) is 0 Å². The zero-order chi connectivity index (χ0) is 16.9. The summed E-state index contributed by atoms with van der Waals surface area (Å²) in [4.78, 5) is 14.8. The maximum atomic E-state index is 12.3. The molecule has 0 spiro atoms. The van der Waals surface area contributed by atoms with Gasteiger partial charge in [0.1, 0.15) is 0 Å². The molecule has 4 heteroatoms. The molecule has 1 heterocycles. The number of hydrogen-bond donors (Lipinski definition) is 2. The number of nitrogens with two attached hydrogens (primary N) is 1. The summed E-state index contributed by atoms with van der Waals surface area (Å²) >= 11 is 0. The summed E-state index contributed by atoms with van der Waals surface area (Å²) in [5.74, 6) is 0.593. The van der Waals surface area contributed by atoms with Crippen molar-refractivity contribution in [2.24, 2.45) is 11.7 Å². The molecule has 3 N–H and O–H groups in total. The van der Waals surface area contributed by atoms with Crippen molar-refractivity contribution in [1.82, 2.24) is 10.2 Å². The molecular weight excluding hydrogens is 298 g/mol. The van der Waals surface area contributed by atoms with E-state index in [-0.39, 0.29) is 11.9 Å². The Kier molecular flexibility index (Phi) is 5.90. The van der Waals surface area contributed by atoms with E-state index in [1.807, 2.05) is 0 Å². The molecule has 4 nitrogen and oxygen atoms in total. The largest absolute Gasteiger partial charge is 0.353 e. The average molecular weight is 329 g/mol. The van der Waals surface area contributed by atoms with Crippen LogP contribution >= 0.6 is 0 Å². The Morgan fingerprint density at radius 3 is 2.54 bits per heavy atom. The van der Waals surface area contributed by atoms with Crippen LogP contribution in [-0.2, 0) is 4.79 Å². The molecule has 132 valence electrons. The van der Waals surface area contributed by atoms with Gasteiger partial charge in [-0.3, -0.25) is 9.69 Å². The van der Waals surface area contributed by atoms with E-state index in [1.54, 1.807) is 0 Å². The van der Waals surface area contributed by atoms with Crippen LogP contribution in [0.1, 0.15) is 57.1 Å². The number of nitrogens with one attached hydrogen (secondary N) is 1. The van der Waals surface area contributed by atoms with E-state index >= 15 is 0 Å². The van der Waals surface area contributed by atoms with E-state index in [9.17, 15) is 4.79 Å². The number of hydrogen-bond acceptors (Lipinski definition) is 3. The lowest BCUT2D eigenvalue weighted by molar-refractivity contribution is -0.123. The summed E-state index contributed by atoms with van der Waals surface area (Å²) in [6, 6.07) is 11.7. The fourth-order valence-corrected chi connectivity index (χ4v) is 4.22. The topological polar surface area (TPSA) is 58.4 Å². The van der Waals surface area contributed by atoms with Crippen molar-refractivity contribution < 1.29 is 4.79 Å². The highest BCUT2D eigenvalue weighted by molar-refractivity contribution is 5.76. The molecule has 24 heavy (non-hydrogen) atoms. The number of benzene rings is 1. The van der Waals surface area contributed by atoms with Gasteiger partial charge in [0.2, 0.25) is 5.91 Å². The maximum absolute atomic E-state index is 12.3. The molecule has 1 aliphatic heterocycles. The smallest absolute Gasteiger partial charge is 0.220 e. The van der Waals surface area contributed by atoms with Gasteiger partial charge in [-0.05, 0) is 44.1 Å². The van der Waals surface area contributed by atoms with Crippen LogP contribution in [0.4, 0.5) is 0 Å². The SMILES string of the molecule is CC(c1ccccc1)N1CCC(NC(=O)C[C@@H]2CCC[C@H]2N)CC1. The van der Waals surface area contributed by atoms with E-state index in [4.69, 9.17) is 5.73 Å². The van der Waals surface area contributed by atoms with Gasteiger partial charge < -0.3 is 11.1 Å². The second-order valence-electron chi connectivity index (χ2n) is 7.52. The summed E-state index contributed by atoms with van der Waals surface area (Å²) in [6.45, 7) is 4.36. The minimum atomic E-state index is 0.201. The predicted octanol–water partition coefficient (Wildman–Crippen LogP) is 2.85. The van der Waals surface area contributed by atoms with E-state index < -0.39 is 0 Å². The van der Waals surface area contributed by atoms with Crippen molar-refractivity contribution in [2.45, 2.75) is 63.6 Å². The average Bonchev–Trinajstić information content (AvgIpc) is 3.00. The third-order valence-electron chi connectivity index (χ3n) is 5.89. The second-order valence-corrected chi connectivity index (χ2v) is 7.52. The van der Waals surface area contributed by atoms with Gasteiger partial charge in [0, 0.05) is 37.6 Å². The monoisotopic (exact) mass is 329 g/mol. The first-order valence-electron chi connectivity index (χ1n) is 9.47. The van der Waals surface area contributed by atoms with Gasteiger partial charge in [0.05, 0.1) is 0 Å². The van der Waals surface area contributed by atoms with Crippen molar-refractivity contribution in [3.63, 3.8) is 0 Å². The van der Waals surface area contributed by atoms with Crippen LogP contribution in [-0.4, -0.2) is 36.0 Å². The highest BCUT2D eigenvalue weighted by atomic mass is 16.1. The normalized spacial score (nSPS) is 27.1. The van der Waals surface area contributed by atoms with Crippen LogP contribution in [0.5, 0.6) is 0 Å². The van der Waals surface area contributed by atoms with Gasteiger partial charge in [-0.1, -0.05) is 36.8 Å². The summed E-state index contributed by atoms with van der Waals surface area (Å²) in [7, 11) is 0. The lowest BCUT2D eigenvalue weighted by atomic mass is 9.97. The number of nitrogens with zero attached hydrogens (tertiary/aromatic N) is 1. The minimum Gasteiger partial charge on any atom is -0.353 e. The second kappa shape index (κ2) is 8.13. The van der Waals surface area contributed by atoms with E-state index in [2.05, 4.69) is 47.5 Å². The molecule has 3 rings (SSSR count). The van der Waals surface area contributed by atoms with Crippen molar-refractivity contribution >= 4 is 5.91 Å². The molecule has 2 aliphatic rings. The Morgan fingerprint density at radius 2 is 1.92 bits per heavy atom. The summed E-state index contributed by atoms with van der Waals surface area (Å²) < 4.78 is 0. The third-order valence-corrected chi connectivity index (χ3v) is 5.89. The molecule has 0 bridgehead atoms. The first kappa shape index (κ1) is 17.4. The van der Waals surface area contributed by atoms with E-state index in [0.29, 0.717) is 24.4 Å². The van der Waals surface area contributed by atoms with Crippen molar-refractivity contribution in [2.75, 3.05) is 13.1 Å². The van der Waals surface area contributed by atoms with Gasteiger partial charge in [-0.25, -0.2) is 0 Å². The Hall–Kier alpha value is -1.39. The maximum Gasteiger partial charge on any atom is 0.220 e. The van der Waals surface area contributed by atoms with E-state index in [1.165, 1.54) is 12.0 Å². The molecule has 3 atom stereocenters. The van der Waals surface area contributed by atoms with Crippen molar-refractivity contribution in [3.8, 4) is 0 Å². The highest BCUT2D eigenvalue weighted by Gasteiger charge is 2.28. The van der Waals surface area contributed by atoms with E-state index in [0.717, 1.165) is 38.8 Å². The van der Waals surface area contributed by atoms with Crippen LogP contribution in [0, 0.1) is 5.92 Å². The molecular formula is C20H31N3O. The third kappa shape index (κ3) is 4.37. The fourth-order valence-electron chi connectivity index (χ4n) is 4.22. The fraction of sp³-hybridized carbons (Fsp3) is 0.650. The molecule has 0 aromatic heterocycles. The Bertz CT molecular complexity index is 525. The molecule has 1 aliphatic carbocycles. The Morgan fingerprint density at radius 1 is 1.21 bits per heavy atom. The first-order valence-corrected chi connectivity index (χ1v) is 9.47. The molecule has 1 amide bonds. The molecule has 0 radical (unpaired) electrons. The summed E-state index contributed by atoms with van der Waals surface area (Å²) in [5, 5.41) is 3.24. The standard InChI is InChI=1S/C20H31N3O/c1-15(16-6-3-2-4-7-16)23-12-10-18(11-13-23)22-20(24)14-17-8-5-9-19(17)21/h2-4,6-7,15,17-19H,5,8-14,21H2,1H3,(H,22,24)/t15?,17-,19+/m0/s1. The molecule has 1 saturated carbocycles. The quantitative estimate of drug-likeness (QED) is 0.873. The highest BCUT2D eigenvalue weighted by Crippen LogP contribution is 2.27. The Balaban J connectivity index is 1.42. The molecule has 1 aromatic rings. The van der Waals surface area contributed by atoms with Crippen LogP contribution in [0.2, 0.25) is 0 Å². The number of amides is 1. The van der Waals surface area contributed by atoms with Crippen LogP contribution < -0.4 is 11.1 Å². The molecule has 1 unspecified atom stereocenters. The predicted molar refractivity (Wildman–Crippen MR) is 97.5 cm³/mol. The molecule has 1 saturated heterocycles. The lowest BCUT2D eigenvalue weighted by Gasteiger charge is -2.36. The first-order chi connectivity index (χ1) is 11.6. The number of carbonyl (C=O) groups is 1. The zero-order valence-electron chi connectivity index (χ0n) is 14.8. The number of rotatable bonds is 5.